The molecule has 0 spiro atoms. The van der Waals surface area contributed by atoms with Gasteiger partial charge in [-0.3, -0.25) is 9.59 Å². The maximum Gasteiger partial charge on any atom is 0.417 e. The first-order chi connectivity index (χ1) is 16.1. The molecule has 2 aromatic heterocycles. The van der Waals surface area contributed by atoms with Crippen molar-refractivity contribution < 1.29 is 26.7 Å². The average Bonchev–Trinajstić information content (AvgIpc) is 2.81. The van der Waals surface area contributed by atoms with Crippen LogP contribution < -0.4 is 10.5 Å². The number of benzene rings is 1. The van der Waals surface area contributed by atoms with Crippen LogP contribution in [0.4, 0.5) is 27.6 Å². The van der Waals surface area contributed by atoms with Crippen molar-refractivity contribution in [3.05, 3.63) is 80.9 Å². The van der Waals surface area contributed by atoms with Crippen LogP contribution in [-0.2, 0) is 6.18 Å². The van der Waals surface area contributed by atoms with Gasteiger partial charge in [0.1, 0.15) is 16.7 Å². The highest BCUT2D eigenvalue weighted by atomic mass is 35.5. The Bertz CT molecular complexity index is 1290. The van der Waals surface area contributed by atoms with E-state index >= 15 is 0 Å². The predicted molar refractivity (Wildman–Crippen MR) is 113 cm³/mol. The van der Waals surface area contributed by atoms with Crippen LogP contribution in [0.3, 0.4) is 0 Å². The van der Waals surface area contributed by atoms with E-state index < -0.39 is 40.6 Å². The zero-order chi connectivity index (χ0) is 24.6. The lowest BCUT2D eigenvalue weighted by atomic mass is 9.88. The average molecular weight is 499 g/mol. The lowest BCUT2D eigenvalue weighted by Gasteiger charge is -2.33. The maximum absolute atomic E-state index is 14.0. The highest BCUT2D eigenvalue weighted by Crippen LogP contribution is 2.30. The molecule has 3 aromatic rings. The second-order valence-electron chi connectivity index (χ2n) is 7.71. The number of anilines is 1. The third-order valence-electron chi connectivity index (χ3n) is 5.59. The van der Waals surface area contributed by atoms with Gasteiger partial charge in [0, 0.05) is 25.2 Å². The van der Waals surface area contributed by atoms with Gasteiger partial charge in [0.15, 0.2) is 11.6 Å². The maximum atomic E-state index is 14.0. The minimum Gasteiger partial charge on any atom is -0.369 e. The summed E-state index contributed by atoms with van der Waals surface area (Å²) in [5, 5.41) is 3.76. The first-order valence-corrected chi connectivity index (χ1v) is 10.5. The van der Waals surface area contributed by atoms with Gasteiger partial charge in [0.25, 0.3) is 5.56 Å². The standard InChI is InChI=1S/C22H16ClF5N4O2/c23-19-17(11-30-32(21(19)34)18-4-1-13(10-29-18)22(26,27)28)31-7-5-12(6-8-31)20(33)15-9-14(24)2-3-16(15)25/h1-4,9-12H,5-8H2. The molecule has 178 valence electrons. The van der Waals surface area contributed by atoms with E-state index in [1.165, 1.54) is 6.20 Å². The van der Waals surface area contributed by atoms with Gasteiger partial charge in [-0.2, -0.15) is 23.0 Å². The molecule has 3 heterocycles. The van der Waals surface area contributed by atoms with Crippen LogP contribution in [0.2, 0.25) is 5.02 Å². The molecule has 1 aliphatic rings. The Balaban J connectivity index is 1.50. The molecule has 0 N–H and O–H groups in total. The molecule has 12 heteroatoms. The number of piperidine rings is 1. The van der Waals surface area contributed by atoms with E-state index in [0.717, 1.165) is 35.0 Å². The molecule has 0 amide bonds. The van der Waals surface area contributed by atoms with E-state index in [0.29, 0.717) is 32.1 Å². The Kier molecular flexibility index (Phi) is 6.39. The number of pyridine rings is 1. The Morgan fingerprint density at radius 3 is 2.38 bits per heavy atom. The number of alkyl halides is 3. The second-order valence-corrected chi connectivity index (χ2v) is 8.09. The Morgan fingerprint density at radius 1 is 1.06 bits per heavy atom. The molecule has 0 aliphatic carbocycles. The SMILES string of the molecule is O=C(c1cc(F)ccc1F)C1CCN(c2cnn(-c3ccc(C(F)(F)F)cn3)c(=O)c2Cl)CC1. The summed E-state index contributed by atoms with van der Waals surface area (Å²) in [5.41, 5.74) is -1.75. The number of rotatable bonds is 4. The molecule has 0 atom stereocenters. The van der Waals surface area contributed by atoms with Crippen molar-refractivity contribution in [2.45, 2.75) is 19.0 Å². The van der Waals surface area contributed by atoms with Crippen LogP contribution >= 0.6 is 11.6 Å². The largest absolute Gasteiger partial charge is 0.417 e. The molecular formula is C22H16ClF5N4O2. The third-order valence-corrected chi connectivity index (χ3v) is 5.95. The van der Waals surface area contributed by atoms with E-state index in [9.17, 15) is 31.5 Å². The summed E-state index contributed by atoms with van der Waals surface area (Å²) < 4.78 is 66.4. The fourth-order valence-electron chi connectivity index (χ4n) is 3.78. The molecular weight excluding hydrogens is 483 g/mol. The topological polar surface area (TPSA) is 68.1 Å². The van der Waals surface area contributed by atoms with Gasteiger partial charge in [-0.25, -0.2) is 13.8 Å². The van der Waals surface area contributed by atoms with E-state index in [2.05, 4.69) is 10.1 Å². The van der Waals surface area contributed by atoms with E-state index in [-0.39, 0.29) is 22.1 Å². The molecule has 1 aromatic carbocycles. The van der Waals surface area contributed by atoms with Crippen molar-refractivity contribution in [3.63, 3.8) is 0 Å². The Labute approximate surface area is 194 Å². The number of aromatic nitrogens is 3. The molecule has 1 aliphatic heterocycles. The van der Waals surface area contributed by atoms with Crippen molar-refractivity contribution in [1.29, 1.82) is 0 Å². The van der Waals surface area contributed by atoms with Crippen molar-refractivity contribution in [1.82, 2.24) is 14.8 Å². The predicted octanol–water partition coefficient (Wildman–Crippen LogP) is 4.68. The lowest BCUT2D eigenvalue weighted by molar-refractivity contribution is -0.137. The van der Waals surface area contributed by atoms with Gasteiger partial charge in [-0.05, 0) is 43.2 Å². The van der Waals surface area contributed by atoms with Gasteiger partial charge in [-0.1, -0.05) is 11.6 Å². The lowest BCUT2D eigenvalue weighted by Crippen LogP contribution is -2.38. The summed E-state index contributed by atoms with van der Waals surface area (Å²) in [5.74, 6) is -2.65. The van der Waals surface area contributed by atoms with Crippen LogP contribution in [0, 0.1) is 17.6 Å². The van der Waals surface area contributed by atoms with Crippen molar-refractivity contribution in [2.24, 2.45) is 5.92 Å². The van der Waals surface area contributed by atoms with Crippen LogP contribution in [0.15, 0.2) is 47.5 Å². The number of carbonyl (C=O) groups is 1. The highest BCUT2D eigenvalue weighted by molar-refractivity contribution is 6.33. The summed E-state index contributed by atoms with van der Waals surface area (Å²) in [6.45, 7) is 0.605. The minimum absolute atomic E-state index is 0.132. The number of hydrogen-bond acceptors (Lipinski definition) is 5. The Morgan fingerprint density at radius 2 is 1.76 bits per heavy atom. The monoisotopic (exact) mass is 498 g/mol. The summed E-state index contributed by atoms with van der Waals surface area (Å²) in [4.78, 5) is 30.7. The molecule has 34 heavy (non-hydrogen) atoms. The van der Waals surface area contributed by atoms with Gasteiger partial charge in [0.2, 0.25) is 0 Å². The van der Waals surface area contributed by atoms with Crippen molar-refractivity contribution >= 4 is 23.1 Å². The molecule has 0 bridgehead atoms. The Hall–Kier alpha value is -3.34. The molecule has 0 saturated carbocycles. The summed E-state index contributed by atoms with van der Waals surface area (Å²) in [6.07, 6.45) is -2.06. The highest BCUT2D eigenvalue weighted by Gasteiger charge is 2.31. The van der Waals surface area contributed by atoms with Gasteiger partial charge in [-0.15, -0.1) is 0 Å². The fraction of sp³-hybridized carbons (Fsp3) is 0.273. The molecule has 4 rings (SSSR count). The van der Waals surface area contributed by atoms with E-state index in [1.807, 2.05) is 0 Å². The van der Waals surface area contributed by atoms with E-state index in [4.69, 9.17) is 11.6 Å². The first kappa shape index (κ1) is 23.8. The quantitative estimate of drug-likeness (QED) is 0.386. The third kappa shape index (κ3) is 4.65. The molecule has 1 fully saturated rings. The fourth-order valence-corrected chi connectivity index (χ4v) is 4.02. The van der Waals surface area contributed by atoms with Crippen LogP contribution in [0.5, 0.6) is 0 Å². The number of nitrogens with zero attached hydrogens (tertiary/aromatic N) is 4. The van der Waals surface area contributed by atoms with E-state index in [1.54, 1.807) is 4.90 Å². The van der Waals surface area contributed by atoms with Crippen LogP contribution in [0.1, 0.15) is 28.8 Å². The zero-order valence-corrected chi connectivity index (χ0v) is 18.1. The molecule has 1 saturated heterocycles. The summed E-state index contributed by atoms with van der Waals surface area (Å²) in [6, 6.07) is 4.51. The second kappa shape index (κ2) is 9.13. The summed E-state index contributed by atoms with van der Waals surface area (Å²) in [7, 11) is 0. The minimum atomic E-state index is -4.57. The number of hydrogen-bond donors (Lipinski definition) is 0. The zero-order valence-electron chi connectivity index (χ0n) is 17.3. The molecule has 6 nitrogen and oxygen atoms in total. The number of ketones is 1. The van der Waals surface area contributed by atoms with Gasteiger partial charge >= 0.3 is 6.18 Å². The van der Waals surface area contributed by atoms with Crippen LogP contribution in [-0.4, -0.2) is 33.6 Å². The molecule has 0 unspecified atom stereocenters. The van der Waals surface area contributed by atoms with Crippen molar-refractivity contribution in [3.8, 4) is 5.82 Å². The number of carbonyl (C=O) groups excluding carboxylic acids is 1. The first-order valence-electron chi connectivity index (χ1n) is 10.1. The number of halogens is 6. The summed E-state index contributed by atoms with van der Waals surface area (Å²) >= 11 is 6.24. The van der Waals surface area contributed by atoms with Crippen LogP contribution in [0.25, 0.3) is 5.82 Å². The normalized spacial score (nSPS) is 14.9. The van der Waals surface area contributed by atoms with Crippen molar-refractivity contribution in [2.75, 3.05) is 18.0 Å². The number of Topliss-reactive ketones (excluding diaryl/α,β-unsaturated/α-hetero) is 1. The smallest absolute Gasteiger partial charge is 0.369 e. The van der Waals surface area contributed by atoms with Gasteiger partial charge in [0.05, 0.1) is 23.0 Å². The van der Waals surface area contributed by atoms with Gasteiger partial charge < -0.3 is 4.90 Å². The molecule has 0 radical (unpaired) electrons.